The monoisotopic (exact) mass is 613 g/mol. The summed E-state index contributed by atoms with van der Waals surface area (Å²) in [6.07, 6.45) is 0.0915. The number of carbonyl (C=O) groups excluding carboxylic acids is 1. The van der Waals surface area contributed by atoms with E-state index in [4.69, 9.17) is 14.2 Å². The molecule has 1 heterocycles. The first-order chi connectivity index (χ1) is 20.7. The highest BCUT2D eigenvalue weighted by Crippen LogP contribution is 2.23. The maximum absolute atomic E-state index is 12.8. The maximum atomic E-state index is 12.8. The lowest BCUT2D eigenvalue weighted by molar-refractivity contribution is -0.303. The van der Waals surface area contributed by atoms with Gasteiger partial charge < -0.3 is 50.2 Å². The average Bonchev–Trinajstić information content (AvgIpc) is 3.01. The molecule has 1 aliphatic heterocycles. The second-order valence-electron chi connectivity index (χ2n) is 11.5. The largest absolute Gasteiger partial charge is 0.494 e. The molecule has 43 heavy (non-hydrogen) atoms. The predicted molar refractivity (Wildman–Crippen MR) is 161 cm³/mol. The quantitative estimate of drug-likeness (QED) is 0.0957. The summed E-state index contributed by atoms with van der Waals surface area (Å²) in [5, 5.41) is 63.9. The van der Waals surface area contributed by atoms with Gasteiger partial charge in [-0.05, 0) is 49.8 Å². The second kappa shape index (κ2) is 21.0. The number of ether oxygens (including phenoxy) is 3. The summed E-state index contributed by atoms with van der Waals surface area (Å²) >= 11 is 0. The number of aliphatic hydroxyl groups is 6. The van der Waals surface area contributed by atoms with Crippen molar-refractivity contribution in [3.8, 4) is 5.75 Å². The van der Waals surface area contributed by atoms with Crippen LogP contribution in [-0.4, -0.2) is 105 Å². The molecule has 7 N–H and O–H groups in total. The van der Waals surface area contributed by atoms with Gasteiger partial charge >= 0.3 is 0 Å². The summed E-state index contributed by atoms with van der Waals surface area (Å²) in [6.45, 7) is 3.98. The van der Waals surface area contributed by atoms with E-state index >= 15 is 0 Å². The van der Waals surface area contributed by atoms with Crippen molar-refractivity contribution in [2.24, 2.45) is 0 Å². The molecule has 5 unspecified atom stereocenters. The number of aliphatic hydroxyl groups excluding tert-OH is 6. The first kappa shape index (κ1) is 37.4. The van der Waals surface area contributed by atoms with Crippen molar-refractivity contribution in [1.29, 1.82) is 0 Å². The number of aryl methyl sites for hydroxylation is 1. The minimum atomic E-state index is -1.62. The molecule has 8 atom stereocenters. The van der Waals surface area contributed by atoms with E-state index in [0.29, 0.717) is 25.9 Å². The first-order valence-electron chi connectivity index (χ1n) is 16.0. The first-order valence-corrected chi connectivity index (χ1v) is 16.0. The molecule has 2 rings (SSSR count). The van der Waals surface area contributed by atoms with Gasteiger partial charge in [0, 0.05) is 6.42 Å². The van der Waals surface area contributed by atoms with Crippen molar-refractivity contribution in [3.05, 3.63) is 29.8 Å². The third kappa shape index (κ3) is 13.4. The zero-order valence-electron chi connectivity index (χ0n) is 25.9. The van der Waals surface area contributed by atoms with Crippen molar-refractivity contribution in [3.63, 3.8) is 0 Å². The molecule has 1 amide bonds. The molecular weight excluding hydrogens is 558 g/mol. The average molecular weight is 614 g/mol. The van der Waals surface area contributed by atoms with Crippen molar-refractivity contribution in [2.45, 2.75) is 140 Å². The SMILES string of the molecule is CCCCCCOc1ccc(CCCCC(=O)N[C@@H](COC2OC(CO)C(O)C(O)C2O)[C@H](O)[C@H](O)CCCCC)cc1. The Hall–Kier alpha value is -1.83. The van der Waals surface area contributed by atoms with E-state index in [0.717, 1.165) is 43.4 Å². The highest BCUT2D eigenvalue weighted by molar-refractivity contribution is 5.76. The highest BCUT2D eigenvalue weighted by atomic mass is 16.7. The number of benzene rings is 1. The number of unbranched alkanes of at least 4 members (excludes halogenated alkanes) is 6. The zero-order valence-corrected chi connectivity index (χ0v) is 25.9. The van der Waals surface area contributed by atoms with Crippen molar-refractivity contribution in [1.82, 2.24) is 5.32 Å². The molecule has 248 valence electrons. The van der Waals surface area contributed by atoms with Gasteiger partial charge in [-0.1, -0.05) is 64.5 Å². The molecule has 11 nitrogen and oxygen atoms in total. The molecule has 0 spiro atoms. The van der Waals surface area contributed by atoms with Gasteiger partial charge in [0.1, 0.15) is 36.3 Å². The summed E-state index contributed by atoms with van der Waals surface area (Å²) < 4.78 is 16.8. The van der Waals surface area contributed by atoms with Gasteiger partial charge in [-0.25, -0.2) is 0 Å². The molecule has 11 heteroatoms. The lowest BCUT2D eigenvalue weighted by atomic mass is 9.99. The van der Waals surface area contributed by atoms with Gasteiger partial charge in [0.2, 0.25) is 5.91 Å². The Labute approximate surface area is 256 Å². The van der Waals surface area contributed by atoms with Crippen molar-refractivity contribution >= 4 is 5.91 Å². The number of rotatable bonds is 22. The Morgan fingerprint density at radius 3 is 2.28 bits per heavy atom. The van der Waals surface area contributed by atoms with Gasteiger partial charge in [0.05, 0.1) is 32.0 Å². The molecule has 1 aromatic carbocycles. The van der Waals surface area contributed by atoms with Gasteiger partial charge in [-0.3, -0.25) is 4.79 Å². The molecule has 0 aliphatic carbocycles. The lowest BCUT2D eigenvalue weighted by Gasteiger charge is -2.40. The maximum Gasteiger partial charge on any atom is 0.220 e. The van der Waals surface area contributed by atoms with Crippen LogP contribution in [0.1, 0.15) is 90.0 Å². The molecule has 0 bridgehead atoms. The van der Waals surface area contributed by atoms with Crippen LogP contribution in [-0.2, 0) is 20.7 Å². The van der Waals surface area contributed by atoms with Crippen molar-refractivity contribution < 1.29 is 49.6 Å². The molecule has 1 aromatic rings. The Morgan fingerprint density at radius 2 is 1.60 bits per heavy atom. The fraction of sp³-hybridized carbons (Fsp3) is 0.781. The normalized spacial score (nSPS) is 24.3. The summed E-state index contributed by atoms with van der Waals surface area (Å²) in [5.41, 5.74) is 1.15. The summed E-state index contributed by atoms with van der Waals surface area (Å²) in [5.74, 6) is 0.529. The molecule has 1 fully saturated rings. The molecule has 0 saturated carbocycles. The third-order valence-corrected chi connectivity index (χ3v) is 7.85. The van der Waals surface area contributed by atoms with E-state index < -0.39 is 55.6 Å². The van der Waals surface area contributed by atoms with E-state index in [1.54, 1.807) is 0 Å². The summed E-state index contributed by atoms with van der Waals surface area (Å²) in [6, 6.07) is 6.98. The van der Waals surface area contributed by atoms with E-state index in [1.165, 1.54) is 19.3 Å². The van der Waals surface area contributed by atoms with E-state index in [1.807, 2.05) is 31.2 Å². The van der Waals surface area contributed by atoms with E-state index in [2.05, 4.69) is 12.2 Å². The van der Waals surface area contributed by atoms with Gasteiger partial charge in [-0.2, -0.15) is 0 Å². The topological polar surface area (TPSA) is 178 Å². The Kier molecular flexibility index (Phi) is 18.2. The van der Waals surface area contributed by atoms with Crippen LogP contribution in [0.15, 0.2) is 24.3 Å². The Morgan fingerprint density at radius 1 is 0.907 bits per heavy atom. The number of nitrogens with one attached hydrogen (secondary N) is 1. The zero-order chi connectivity index (χ0) is 31.6. The van der Waals surface area contributed by atoms with Crippen LogP contribution in [0.2, 0.25) is 0 Å². The minimum absolute atomic E-state index is 0.203. The molecule has 0 radical (unpaired) electrons. The third-order valence-electron chi connectivity index (χ3n) is 7.85. The van der Waals surface area contributed by atoms with Crippen molar-refractivity contribution in [2.75, 3.05) is 19.8 Å². The number of amides is 1. The lowest BCUT2D eigenvalue weighted by Crippen LogP contribution is -2.60. The fourth-order valence-electron chi connectivity index (χ4n) is 5.04. The van der Waals surface area contributed by atoms with Crippen LogP contribution in [0.3, 0.4) is 0 Å². The predicted octanol–water partition coefficient (Wildman–Crippen LogP) is 1.96. The number of hydrogen-bond donors (Lipinski definition) is 7. The van der Waals surface area contributed by atoms with Crippen LogP contribution < -0.4 is 10.1 Å². The number of carbonyl (C=O) groups is 1. The van der Waals surface area contributed by atoms with Gasteiger partial charge in [0.15, 0.2) is 6.29 Å². The molecule has 1 saturated heterocycles. The molecule has 1 aliphatic rings. The Bertz CT molecular complexity index is 870. The van der Waals surface area contributed by atoms with Crippen LogP contribution in [0.5, 0.6) is 5.75 Å². The molecule has 0 aromatic heterocycles. The van der Waals surface area contributed by atoms with Crippen LogP contribution in [0.25, 0.3) is 0 Å². The standard InChI is InChI=1S/C32H55NO10/c1-3-5-7-11-19-41-23-17-15-22(16-18-23)12-9-10-14-27(36)33-24(28(37)25(35)13-8-6-4-2)21-42-32-31(40)30(39)29(38)26(20-34)43-32/h15-18,24-26,28-32,34-35,37-40H,3-14,19-21H2,1-2H3,(H,33,36)/t24-,25+,26?,28-,29?,30?,31?,32?/m0/s1. The van der Waals surface area contributed by atoms with E-state index in [-0.39, 0.29) is 18.9 Å². The molecular formula is C32H55NO10. The van der Waals surface area contributed by atoms with E-state index in [9.17, 15) is 35.4 Å². The van der Waals surface area contributed by atoms with Gasteiger partial charge in [0.25, 0.3) is 0 Å². The second-order valence-corrected chi connectivity index (χ2v) is 11.5. The number of hydrogen-bond acceptors (Lipinski definition) is 10. The Balaban J connectivity index is 1.85. The summed E-state index contributed by atoms with van der Waals surface area (Å²) in [4.78, 5) is 12.8. The van der Waals surface area contributed by atoms with Crippen LogP contribution >= 0.6 is 0 Å². The van der Waals surface area contributed by atoms with Crippen LogP contribution in [0, 0.1) is 0 Å². The highest BCUT2D eigenvalue weighted by Gasteiger charge is 2.44. The fourth-order valence-corrected chi connectivity index (χ4v) is 5.04. The smallest absolute Gasteiger partial charge is 0.220 e. The van der Waals surface area contributed by atoms with Crippen LogP contribution in [0.4, 0.5) is 0 Å². The summed E-state index contributed by atoms with van der Waals surface area (Å²) in [7, 11) is 0. The van der Waals surface area contributed by atoms with Gasteiger partial charge in [-0.15, -0.1) is 0 Å². The minimum Gasteiger partial charge on any atom is -0.494 e.